The smallest absolute Gasteiger partial charge is 0.212 e. The molecule has 1 aromatic rings. The molecule has 114 valence electrons. The van der Waals surface area contributed by atoms with Crippen LogP contribution in [0.4, 0.5) is 4.39 Å². The van der Waals surface area contributed by atoms with E-state index in [1.807, 2.05) is 13.8 Å². The summed E-state index contributed by atoms with van der Waals surface area (Å²) in [6.45, 7) is 9.86. The molecule has 0 heterocycles. The fraction of sp³-hybridized carbons (Fsp3) is 0.600. The van der Waals surface area contributed by atoms with Crippen molar-refractivity contribution in [2.45, 2.75) is 52.3 Å². The fourth-order valence-electron chi connectivity index (χ4n) is 2.64. The summed E-state index contributed by atoms with van der Waals surface area (Å²) >= 11 is 0. The molecule has 0 aliphatic heterocycles. The maximum atomic E-state index is 13.5. The largest absolute Gasteiger partial charge is 0.216 e. The summed E-state index contributed by atoms with van der Waals surface area (Å²) in [5.74, 6) is -0.834. The van der Waals surface area contributed by atoms with Gasteiger partial charge in [-0.25, -0.2) is 17.5 Å². The Morgan fingerprint density at radius 3 is 2.15 bits per heavy atom. The first-order valence-electron chi connectivity index (χ1n) is 6.65. The molecule has 0 radical (unpaired) electrons. The third-order valence-electron chi connectivity index (χ3n) is 2.71. The van der Waals surface area contributed by atoms with Crippen molar-refractivity contribution in [3.63, 3.8) is 0 Å². The van der Waals surface area contributed by atoms with E-state index < -0.39 is 21.4 Å². The molecule has 5 heteroatoms. The lowest BCUT2D eigenvalue weighted by Crippen LogP contribution is -2.46. The molecule has 0 aliphatic carbocycles. The van der Waals surface area contributed by atoms with Gasteiger partial charge in [-0.3, -0.25) is 0 Å². The van der Waals surface area contributed by atoms with Crippen molar-refractivity contribution in [3.8, 4) is 0 Å². The summed E-state index contributed by atoms with van der Waals surface area (Å²) in [5.41, 5.74) is -0.377. The van der Waals surface area contributed by atoms with Crippen LogP contribution in [-0.4, -0.2) is 14.0 Å². The van der Waals surface area contributed by atoms with Gasteiger partial charge in [-0.1, -0.05) is 39.0 Å². The minimum Gasteiger partial charge on any atom is -0.212 e. The molecule has 0 spiro atoms. The highest BCUT2D eigenvalue weighted by atomic mass is 32.2. The van der Waals surface area contributed by atoms with Gasteiger partial charge in [0.1, 0.15) is 5.82 Å². The van der Waals surface area contributed by atoms with Crippen molar-refractivity contribution in [2.75, 3.05) is 0 Å². The Bertz CT molecular complexity index is 559. The first kappa shape index (κ1) is 17.1. The van der Waals surface area contributed by atoms with Gasteiger partial charge in [-0.15, -0.1) is 0 Å². The normalized spacial score (nSPS) is 13.5. The number of hydrogen-bond acceptors (Lipinski definition) is 2. The van der Waals surface area contributed by atoms with Crippen molar-refractivity contribution >= 4 is 10.0 Å². The fourth-order valence-corrected chi connectivity index (χ4v) is 4.27. The molecule has 20 heavy (non-hydrogen) atoms. The second kappa shape index (κ2) is 5.82. The Morgan fingerprint density at radius 2 is 1.65 bits per heavy atom. The Morgan fingerprint density at radius 1 is 1.10 bits per heavy atom. The molecule has 0 fully saturated rings. The number of sulfonamides is 1. The first-order valence-corrected chi connectivity index (χ1v) is 8.31. The lowest BCUT2D eigenvalue weighted by atomic mass is 9.82. The molecule has 1 N–H and O–H groups in total. The Balaban J connectivity index is 2.83. The van der Waals surface area contributed by atoms with Crippen molar-refractivity contribution in [2.24, 2.45) is 5.41 Å². The van der Waals surface area contributed by atoms with Crippen LogP contribution in [0.1, 0.15) is 46.6 Å². The molecule has 3 nitrogen and oxygen atoms in total. The summed E-state index contributed by atoms with van der Waals surface area (Å²) in [5, 5.41) is 0. The molecule has 0 saturated carbocycles. The second-order valence-electron chi connectivity index (χ2n) is 7.07. The molecular weight excluding hydrogens is 277 g/mol. The van der Waals surface area contributed by atoms with Crippen molar-refractivity contribution in [1.29, 1.82) is 0 Å². The van der Waals surface area contributed by atoms with E-state index in [0.717, 1.165) is 0 Å². The molecular formula is C15H24FNO2S. The molecule has 0 aromatic heterocycles. The van der Waals surface area contributed by atoms with Crippen molar-refractivity contribution in [1.82, 2.24) is 4.72 Å². The lowest BCUT2D eigenvalue weighted by Gasteiger charge is -2.33. The summed E-state index contributed by atoms with van der Waals surface area (Å²) in [4.78, 5) is 0. The van der Waals surface area contributed by atoms with Gasteiger partial charge in [0, 0.05) is 11.1 Å². The van der Waals surface area contributed by atoms with Gasteiger partial charge >= 0.3 is 0 Å². The highest BCUT2D eigenvalue weighted by molar-refractivity contribution is 7.88. The van der Waals surface area contributed by atoms with Gasteiger partial charge in [-0.05, 0) is 31.7 Å². The van der Waals surface area contributed by atoms with Crippen molar-refractivity contribution < 1.29 is 12.8 Å². The standard InChI is InChI=1S/C15H24FNO2S/c1-14(2,3)11-15(4,5)17-20(18,19)10-12-8-6-7-9-13(12)16/h6-9,17H,10-11H2,1-5H3. The minimum absolute atomic E-state index is 0.00399. The van der Waals surface area contributed by atoms with Crippen LogP contribution in [0.5, 0.6) is 0 Å². The van der Waals surface area contributed by atoms with E-state index in [-0.39, 0.29) is 16.7 Å². The quantitative estimate of drug-likeness (QED) is 0.905. The SMILES string of the molecule is CC(C)(C)CC(C)(C)NS(=O)(=O)Cc1ccccc1F. The zero-order chi connectivity index (χ0) is 15.6. The summed E-state index contributed by atoms with van der Waals surface area (Å²) in [6.07, 6.45) is 0.691. The van der Waals surface area contributed by atoms with Crippen LogP contribution in [0, 0.1) is 11.2 Å². The Hall–Kier alpha value is -0.940. The number of hydrogen-bond donors (Lipinski definition) is 1. The van der Waals surface area contributed by atoms with E-state index in [9.17, 15) is 12.8 Å². The third-order valence-corrected chi connectivity index (χ3v) is 4.26. The maximum absolute atomic E-state index is 13.5. The molecule has 0 bridgehead atoms. The number of nitrogens with one attached hydrogen (secondary N) is 1. The monoisotopic (exact) mass is 301 g/mol. The van der Waals surface area contributed by atoms with Crippen LogP contribution in [0.15, 0.2) is 24.3 Å². The van der Waals surface area contributed by atoms with Crippen LogP contribution >= 0.6 is 0 Å². The predicted octanol–water partition coefficient (Wildman–Crippen LogP) is 3.46. The highest BCUT2D eigenvalue weighted by Crippen LogP contribution is 2.27. The number of benzene rings is 1. The zero-order valence-electron chi connectivity index (χ0n) is 12.8. The van der Waals surface area contributed by atoms with Crippen LogP contribution in [-0.2, 0) is 15.8 Å². The number of rotatable bonds is 5. The van der Waals surface area contributed by atoms with Gasteiger partial charge in [0.05, 0.1) is 5.75 Å². The molecule has 0 unspecified atom stereocenters. The Kier molecular flexibility index (Phi) is 4.98. The average Bonchev–Trinajstić information content (AvgIpc) is 2.15. The van der Waals surface area contributed by atoms with E-state index in [2.05, 4.69) is 25.5 Å². The van der Waals surface area contributed by atoms with Crippen LogP contribution < -0.4 is 4.72 Å². The number of halogens is 1. The topological polar surface area (TPSA) is 46.2 Å². The molecule has 0 amide bonds. The molecule has 0 saturated heterocycles. The van der Waals surface area contributed by atoms with Gasteiger partial charge in [0.25, 0.3) is 0 Å². The van der Waals surface area contributed by atoms with E-state index >= 15 is 0 Å². The summed E-state index contributed by atoms with van der Waals surface area (Å²) in [6, 6.07) is 5.94. The van der Waals surface area contributed by atoms with E-state index in [4.69, 9.17) is 0 Å². The van der Waals surface area contributed by atoms with E-state index in [0.29, 0.717) is 6.42 Å². The summed E-state index contributed by atoms with van der Waals surface area (Å²) < 4.78 is 40.6. The van der Waals surface area contributed by atoms with Crippen LogP contribution in [0.3, 0.4) is 0 Å². The predicted molar refractivity (Wildman–Crippen MR) is 80.3 cm³/mol. The second-order valence-corrected chi connectivity index (χ2v) is 8.80. The first-order chi connectivity index (χ1) is 8.90. The van der Waals surface area contributed by atoms with Gasteiger partial charge in [0.15, 0.2) is 0 Å². The molecule has 1 rings (SSSR count). The van der Waals surface area contributed by atoms with Gasteiger partial charge in [0.2, 0.25) is 10.0 Å². The van der Waals surface area contributed by atoms with E-state index in [1.54, 1.807) is 12.1 Å². The zero-order valence-corrected chi connectivity index (χ0v) is 13.6. The Labute approximate surface area is 121 Å². The highest BCUT2D eigenvalue weighted by Gasteiger charge is 2.30. The van der Waals surface area contributed by atoms with Gasteiger partial charge in [-0.2, -0.15) is 0 Å². The maximum Gasteiger partial charge on any atom is 0.216 e. The van der Waals surface area contributed by atoms with E-state index in [1.165, 1.54) is 12.1 Å². The van der Waals surface area contributed by atoms with Crippen LogP contribution in [0.2, 0.25) is 0 Å². The van der Waals surface area contributed by atoms with Crippen LogP contribution in [0.25, 0.3) is 0 Å². The molecule has 1 aromatic carbocycles. The molecule has 0 aliphatic rings. The molecule has 0 atom stereocenters. The lowest BCUT2D eigenvalue weighted by molar-refractivity contribution is 0.269. The third kappa shape index (κ3) is 6.01. The minimum atomic E-state index is -3.58. The van der Waals surface area contributed by atoms with Crippen molar-refractivity contribution in [3.05, 3.63) is 35.6 Å². The van der Waals surface area contributed by atoms with Gasteiger partial charge < -0.3 is 0 Å². The average molecular weight is 301 g/mol. The summed E-state index contributed by atoms with van der Waals surface area (Å²) in [7, 11) is -3.58.